The Morgan fingerprint density at radius 1 is 1.28 bits per heavy atom. The van der Waals surface area contributed by atoms with Crippen LogP contribution in [0.4, 0.5) is 8.78 Å². The SMILES string of the molecule is O=c1[nH]c(CC2CC2)nc2c1CCN(Cc1c(F)ccc(F)c1Cl)C2. The summed E-state index contributed by atoms with van der Waals surface area (Å²) < 4.78 is 27.6. The maximum Gasteiger partial charge on any atom is 0.254 e. The molecule has 0 radical (unpaired) electrons. The van der Waals surface area contributed by atoms with Gasteiger partial charge in [-0.2, -0.15) is 0 Å². The van der Waals surface area contributed by atoms with Crippen molar-refractivity contribution in [3.8, 4) is 0 Å². The van der Waals surface area contributed by atoms with Crippen molar-refractivity contribution in [3.05, 3.63) is 61.8 Å². The van der Waals surface area contributed by atoms with Gasteiger partial charge in [-0.25, -0.2) is 13.8 Å². The highest BCUT2D eigenvalue weighted by atomic mass is 35.5. The lowest BCUT2D eigenvalue weighted by Crippen LogP contribution is -2.35. The van der Waals surface area contributed by atoms with Gasteiger partial charge in [0, 0.05) is 37.2 Å². The third-order valence-electron chi connectivity index (χ3n) is 4.90. The van der Waals surface area contributed by atoms with E-state index in [0.29, 0.717) is 31.0 Å². The Hall–Kier alpha value is -1.79. The van der Waals surface area contributed by atoms with E-state index in [4.69, 9.17) is 11.6 Å². The molecule has 2 aliphatic rings. The zero-order chi connectivity index (χ0) is 17.6. The van der Waals surface area contributed by atoms with Crippen LogP contribution in [0.2, 0.25) is 5.02 Å². The van der Waals surface area contributed by atoms with Crippen LogP contribution in [-0.4, -0.2) is 21.4 Å². The van der Waals surface area contributed by atoms with Crippen LogP contribution in [0.25, 0.3) is 0 Å². The molecule has 1 fully saturated rings. The largest absolute Gasteiger partial charge is 0.310 e. The smallest absolute Gasteiger partial charge is 0.254 e. The van der Waals surface area contributed by atoms with Crippen molar-refractivity contribution in [3.63, 3.8) is 0 Å². The topological polar surface area (TPSA) is 49.0 Å². The number of nitrogens with one attached hydrogen (secondary N) is 1. The second kappa shape index (κ2) is 6.50. The van der Waals surface area contributed by atoms with Gasteiger partial charge in [-0.1, -0.05) is 11.6 Å². The summed E-state index contributed by atoms with van der Waals surface area (Å²) in [6.07, 6.45) is 3.71. The lowest BCUT2D eigenvalue weighted by atomic mass is 10.0. The second-order valence-corrected chi connectivity index (χ2v) is 7.25. The molecule has 25 heavy (non-hydrogen) atoms. The average Bonchev–Trinajstić information content (AvgIpc) is 3.39. The van der Waals surface area contributed by atoms with Crippen LogP contribution >= 0.6 is 11.6 Å². The van der Waals surface area contributed by atoms with E-state index >= 15 is 0 Å². The zero-order valence-corrected chi connectivity index (χ0v) is 14.4. The Labute approximate surface area is 148 Å². The van der Waals surface area contributed by atoms with E-state index in [1.165, 1.54) is 12.8 Å². The molecule has 1 aromatic carbocycles. The number of H-pyrrole nitrogens is 1. The van der Waals surface area contributed by atoms with Gasteiger partial charge in [0.2, 0.25) is 0 Å². The van der Waals surface area contributed by atoms with Crippen molar-refractivity contribution in [2.75, 3.05) is 6.54 Å². The zero-order valence-electron chi connectivity index (χ0n) is 13.6. The van der Waals surface area contributed by atoms with Crippen molar-refractivity contribution in [1.29, 1.82) is 0 Å². The van der Waals surface area contributed by atoms with Gasteiger partial charge in [-0.15, -0.1) is 0 Å². The van der Waals surface area contributed by atoms with Gasteiger partial charge in [0.1, 0.15) is 17.5 Å². The van der Waals surface area contributed by atoms with Gasteiger partial charge in [0.25, 0.3) is 5.56 Å². The Kier molecular flexibility index (Phi) is 4.33. The quantitative estimate of drug-likeness (QED) is 0.846. The summed E-state index contributed by atoms with van der Waals surface area (Å²) in [4.78, 5) is 21.7. The standard InChI is InChI=1S/C18H18ClF2N3O/c19-17-12(13(20)3-4-14(17)21)8-24-6-5-11-15(9-24)22-16(23-18(11)25)7-10-1-2-10/h3-4,10H,1-2,5-9H2,(H,22,23,25). The van der Waals surface area contributed by atoms with Crippen LogP contribution in [0, 0.1) is 17.6 Å². The fourth-order valence-corrected chi connectivity index (χ4v) is 3.52. The van der Waals surface area contributed by atoms with Gasteiger partial charge < -0.3 is 4.98 Å². The lowest BCUT2D eigenvalue weighted by molar-refractivity contribution is 0.236. The molecule has 1 aliphatic heterocycles. The number of halogens is 3. The van der Waals surface area contributed by atoms with E-state index in [-0.39, 0.29) is 22.7 Å². The van der Waals surface area contributed by atoms with E-state index in [9.17, 15) is 13.6 Å². The molecule has 1 saturated carbocycles. The highest BCUT2D eigenvalue weighted by molar-refractivity contribution is 6.31. The minimum Gasteiger partial charge on any atom is -0.310 e. The summed E-state index contributed by atoms with van der Waals surface area (Å²) in [5, 5.41) is -0.181. The predicted octanol–water partition coefficient (Wildman–Crippen LogP) is 3.21. The molecule has 2 aromatic rings. The summed E-state index contributed by atoms with van der Waals surface area (Å²) in [7, 11) is 0. The lowest BCUT2D eigenvalue weighted by Gasteiger charge is -2.28. The monoisotopic (exact) mass is 365 g/mol. The maximum atomic E-state index is 14.0. The molecule has 2 heterocycles. The Morgan fingerprint density at radius 3 is 2.80 bits per heavy atom. The number of fused-ring (bicyclic) bond motifs is 1. The molecule has 132 valence electrons. The van der Waals surface area contributed by atoms with E-state index in [1.54, 1.807) is 0 Å². The van der Waals surface area contributed by atoms with Gasteiger partial charge in [0.05, 0.1) is 10.7 Å². The summed E-state index contributed by atoms with van der Waals surface area (Å²) in [6, 6.07) is 2.11. The fraction of sp³-hybridized carbons (Fsp3) is 0.444. The van der Waals surface area contributed by atoms with Crippen molar-refractivity contribution in [2.45, 2.75) is 38.8 Å². The number of benzene rings is 1. The molecular weight excluding hydrogens is 348 g/mol. The minimum atomic E-state index is -0.628. The first-order valence-corrected chi connectivity index (χ1v) is 8.84. The molecule has 4 rings (SSSR count). The molecule has 7 heteroatoms. The molecule has 0 spiro atoms. The van der Waals surface area contributed by atoms with Crippen molar-refractivity contribution >= 4 is 11.6 Å². The van der Waals surface area contributed by atoms with Crippen LogP contribution < -0.4 is 5.56 Å². The molecule has 4 nitrogen and oxygen atoms in total. The van der Waals surface area contributed by atoms with Crippen LogP contribution in [0.5, 0.6) is 0 Å². The molecule has 0 saturated heterocycles. The number of nitrogens with zero attached hydrogens (tertiary/aromatic N) is 2. The van der Waals surface area contributed by atoms with Crippen molar-refractivity contribution in [1.82, 2.24) is 14.9 Å². The highest BCUT2D eigenvalue weighted by Crippen LogP contribution is 2.32. The first-order chi connectivity index (χ1) is 12.0. The first-order valence-electron chi connectivity index (χ1n) is 8.47. The average molecular weight is 366 g/mol. The molecule has 1 N–H and O–H groups in total. The number of aromatic amines is 1. The summed E-state index contributed by atoms with van der Waals surface area (Å²) in [5.74, 6) is 0.200. The summed E-state index contributed by atoms with van der Waals surface area (Å²) in [5.41, 5.74) is 1.50. The summed E-state index contributed by atoms with van der Waals surface area (Å²) >= 11 is 5.92. The van der Waals surface area contributed by atoms with E-state index in [2.05, 4.69) is 9.97 Å². The maximum absolute atomic E-state index is 14.0. The molecular formula is C18H18ClF2N3O. The van der Waals surface area contributed by atoms with Gasteiger partial charge in [-0.05, 0) is 37.3 Å². The molecule has 0 unspecified atom stereocenters. The Balaban J connectivity index is 1.57. The molecule has 1 aliphatic carbocycles. The molecule has 1 aromatic heterocycles. The van der Waals surface area contributed by atoms with E-state index < -0.39 is 11.6 Å². The number of aromatic nitrogens is 2. The fourth-order valence-electron chi connectivity index (χ4n) is 3.31. The predicted molar refractivity (Wildman–Crippen MR) is 90.5 cm³/mol. The van der Waals surface area contributed by atoms with Gasteiger partial charge in [0.15, 0.2) is 0 Å². The normalized spacial score (nSPS) is 17.6. The third kappa shape index (κ3) is 3.46. The molecule has 0 amide bonds. The van der Waals surface area contributed by atoms with Gasteiger partial charge >= 0.3 is 0 Å². The minimum absolute atomic E-state index is 0.0738. The second-order valence-electron chi connectivity index (χ2n) is 6.87. The van der Waals surface area contributed by atoms with E-state index in [1.807, 2.05) is 4.90 Å². The Morgan fingerprint density at radius 2 is 2.04 bits per heavy atom. The Bertz CT molecular complexity index is 879. The number of hydrogen-bond acceptors (Lipinski definition) is 3. The van der Waals surface area contributed by atoms with Crippen LogP contribution in [-0.2, 0) is 25.9 Å². The summed E-state index contributed by atoms with van der Waals surface area (Å²) in [6.45, 7) is 1.20. The van der Waals surface area contributed by atoms with Crippen LogP contribution in [0.3, 0.4) is 0 Å². The third-order valence-corrected chi connectivity index (χ3v) is 5.31. The van der Waals surface area contributed by atoms with E-state index in [0.717, 1.165) is 30.1 Å². The molecule has 0 atom stereocenters. The van der Waals surface area contributed by atoms with Crippen LogP contribution in [0.1, 0.15) is 35.5 Å². The highest BCUT2D eigenvalue weighted by Gasteiger charge is 2.26. The molecule has 0 bridgehead atoms. The van der Waals surface area contributed by atoms with Crippen molar-refractivity contribution in [2.24, 2.45) is 5.92 Å². The first kappa shape index (κ1) is 16.7. The van der Waals surface area contributed by atoms with Crippen LogP contribution in [0.15, 0.2) is 16.9 Å². The number of rotatable bonds is 4. The van der Waals surface area contributed by atoms with Crippen molar-refractivity contribution < 1.29 is 8.78 Å². The number of hydrogen-bond donors (Lipinski definition) is 1. The van der Waals surface area contributed by atoms with Gasteiger partial charge in [-0.3, -0.25) is 9.69 Å².